The fourth-order valence-electron chi connectivity index (χ4n) is 3.03. The molecule has 1 saturated carbocycles. The van der Waals surface area contributed by atoms with Crippen molar-refractivity contribution in [1.82, 2.24) is 0 Å². The molecular formula is C14H22O7. The van der Waals surface area contributed by atoms with Crippen LogP contribution in [0, 0.1) is 11.8 Å². The second kappa shape index (κ2) is 7.40. The summed E-state index contributed by atoms with van der Waals surface area (Å²) < 4.78 is 4.88. The molecule has 0 heterocycles. The topological polar surface area (TPSA) is 121 Å². The molecule has 7 heteroatoms. The third-order valence-corrected chi connectivity index (χ3v) is 3.97. The van der Waals surface area contributed by atoms with Crippen LogP contribution in [0.15, 0.2) is 0 Å². The van der Waals surface area contributed by atoms with Gasteiger partial charge in [0.15, 0.2) is 5.60 Å². The number of carboxylic acids is 2. The van der Waals surface area contributed by atoms with Gasteiger partial charge in [-0.2, -0.15) is 0 Å². The molecule has 120 valence electrons. The van der Waals surface area contributed by atoms with Crippen molar-refractivity contribution in [2.45, 2.75) is 51.0 Å². The van der Waals surface area contributed by atoms with E-state index in [1.54, 1.807) is 6.92 Å². The highest BCUT2D eigenvalue weighted by molar-refractivity contribution is 5.90. The van der Waals surface area contributed by atoms with Crippen molar-refractivity contribution in [3.63, 3.8) is 0 Å². The molecule has 1 fully saturated rings. The van der Waals surface area contributed by atoms with Crippen molar-refractivity contribution in [1.29, 1.82) is 0 Å². The zero-order chi connectivity index (χ0) is 16.0. The van der Waals surface area contributed by atoms with Crippen molar-refractivity contribution in [2.75, 3.05) is 6.61 Å². The SMILES string of the molecule is CCOC(=O)C(C1CCCCC1)C(O)(CC(=O)O)C(=O)O. The van der Waals surface area contributed by atoms with Crippen LogP contribution in [0.5, 0.6) is 0 Å². The predicted octanol–water partition coefficient (Wildman–Crippen LogP) is 1.04. The van der Waals surface area contributed by atoms with Gasteiger partial charge in [-0.05, 0) is 25.7 Å². The van der Waals surface area contributed by atoms with Crippen LogP contribution in [0.2, 0.25) is 0 Å². The van der Waals surface area contributed by atoms with Crippen LogP contribution < -0.4 is 0 Å². The van der Waals surface area contributed by atoms with Crippen molar-refractivity contribution in [2.24, 2.45) is 11.8 Å². The van der Waals surface area contributed by atoms with E-state index in [-0.39, 0.29) is 12.5 Å². The normalized spacial score (nSPS) is 20.3. The van der Waals surface area contributed by atoms with E-state index < -0.39 is 35.8 Å². The molecule has 3 N–H and O–H groups in total. The molecule has 0 aromatic heterocycles. The zero-order valence-corrected chi connectivity index (χ0v) is 12.1. The van der Waals surface area contributed by atoms with E-state index in [1.807, 2.05) is 0 Å². The molecular weight excluding hydrogens is 280 g/mol. The van der Waals surface area contributed by atoms with Crippen LogP contribution >= 0.6 is 0 Å². The van der Waals surface area contributed by atoms with Crippen LogP contribution in [-0.4, -0.2) is 45.4 Å². The Labute approximate surface area is 122 Å². The molecule has 2 atom stereocenters. The Morgan fingerprint density at radius 1 is 1.19 bits per heavy atom. The van der Waals surface area contributed by atoms with E-state index in [2.05, 4.69) is 0 Å². The first-order chi connectivity index (χ1) is 9.82. The van der Waals surface area contributed by atoms with Gasteiger partial charge in [0.2, 0.25) is 0 Å². The number of hydrogen-bond donors (Lipinski definition) is 3. The molecule has 0 saturated heterocycles. The molecule has 7 nitrogen and oxygen atoms in total. The summed E-state index contributed by atoms with van der Waals surface area (Å²) in [4.78, 5) is 34.5. The monoisotopic (exact) mass is 302 g/mol. The molecule has 0 aliphatic heterocycles. The number of carbonyl (C=O) groups excluding carboxylic acids is 1. The van der Waals surface area contributed by atoms with Crippen LogP contribution in [0.3, 0.4) is 0 Å². The maximum Gasteiger partial charge on any atom is 0.337 e. The quantitative estimate of drug-likeness (QED) is 0.600. The first-order valence-corrected chi connectivity index (χ1v) is 7.17. The minimum atomic E-state index is -2.64. The Balaban J connectivity index is 3.13. The summed E-state index contributed by atoms with van der Waals surface area (Å²) in [5.74, 6) is -5.74. The third kappa shape index (κ3) is 4.17. The Kier molecular flexibility index (Phi) is 6.14. The molecule has 0 bridgehead atoms. The van der Waals surface area contributed by atoms with E-state index in [1.165, 1.54) is 0 Å². The van der Waals surface area contributed by atoms with Crippen molar-refractivity contribution >= 4 is 17.9 Å². The lowest BCUT2D eigenvalue weighted by Crippen LogP contribution is -2.54. The summed E-state index contributed by atoms with van der Waals surface area (Å²) in [6, 6.07) is 0. The van der Waals surface area contributed by atoms with Crippen LogP contribution in [0.25, 0.3) is 0 Å². The molecule has 0 spiro atoms. The van der Waals surface area contributed by atoms with Crippen LogP contribution in [-0.2, 0) is 19.1 Å². The van der Waals surface area contributed by atoms with Crippen LogP contribution in [0.1, 0.15) is 45.4 Å². The van der Waals surface area contributed by atoms with E-state index in [0.717, 1.165) is 19.3 Å². The third-order valence-electron chi connectivity index (χ3n) is 3.97. The Morgan fingerprint density at radius 3 is 2.19 bits per heavy atom. The minimum Gasteiger partial charge on any atom is -0.481 e. The molecule has 21 heavy (non-hydrogen) atoms. The first-order valence-electron chi connectivity index (χ1n) is 7.17. The number of hydrogen-bond acceptors (Lipinski definition) is 5. The van der Waals surface area contributed by atoms with Gasteiger partial charge >= 0.3 is 17.9 Å². The molecule has 2 unspecified atom stereocenters. The molecule has 0 aromatic carbocycles. The van der Waals surface area contributed by atoms with Gasteiger partial charge < -0.3 is 20.1 Å². The maximum atomic E-state index is 12.1. The van der Waals surface area contributed by atoms with E-state index in [0.29, 0.717) is 12.8 Å². The summed E-state index contributed by atoms with van der Waals surface area (Å²) in [6.45, 7) is 1.62. The van der Waals surface area contributed by atoms with Gasteiger partial charge in [0.05, 0.1) is 18.9 Å². The summed E-state index contributed by atoms with van der Waals surface area (Å²) in [6.07, 6.45) is 2.77. The summed E-state index contributed by atoms with van der Waals surface area (Å²) in [5, 5.41) is 28.5. The van der Waals surface area contributed by atoms with Gasteiger partial charge in [0, 0.05) is 0 Å². The highest BCUT2D eigenvalue weighted by Crippen LogP contribution is 2.38. The molecule has 1 rings (SSSR count). The number of aliphatic hydroxyl groups is 1. The fourth-order valence-corrected chi connectivity index (χ4v) is 3.03. The lowest BCUT2D eigenvalue weighted by molar-refractivity contribution is -0.186. The standard InChI is InChI=1S/C14H22O7/c1-2-21-12(17)11(9-6-4-3-5-7-9)14(20,13(18)19)8-10(15)16/h9,11,20H,2-8H2,1H3,(H,15,16)(H,18,19). The fraction of sp³-hybridized carbons (Fsp3) is 0.786. The maximum absolute atomic E-state index is 12.1. The van der Waals surface area contributed by atoms with Crippen molar-refractivity contribution in [3.05, 3.63) is 0 Å². The van der Waals surface area contributed by atoms with E-state index >= 15 is 0 Å². The largest absolute Gasteiger partial charge is 0.481 e. The average Bonchev–Trinajstić information content (AvgIpc) is 2.39. The van der Waals surface area contributed by atoms with Gasteiger partial charge in [-0.15, -0.1) is 0 Å². The minimum absolute atomic E-state index is 0.0465. The first kappa shape index (κ1) is 17.4. The predicted molar refractivity (Wildman–Crippen MR) is 71.5 cm³/mol. The lowest BCUT2D eigenvalue weighted by atomic mass is 9.70. The summed E-state index contributed by atoms with van der Waals surface area (Å²) in [5.41, 5.74) is -2.64. The summed E-state index contributed by atoms with van der Waals surface area (Å²) in [7, 11) is 0. The zero-order valence-electron chi connectivity index (χ0n) is 12.1. The smallest absolute Gasteiger partial charge is 0.337 e. The molecule has 1 aliphatic rings. The van der Waals surface area contributed by atoms with E-state index in [4.69, 9.17) is 9.84 Å². The lowest BCUT2D eigenvalue weighted by Gasteiger charge is -2.36. The number of aliphatic carboxylic acids is 2. The van der Waals surface area contributed by atoms with Gasteiger partial charge in [-0.1, -0.05) is 19.3 Å². The summed E-state index contributed by atoms with van der Waals surface area (Å²) >= 11 is 0. The Morgan fingerprint density at radius 2 is 1.76 bits per heavy atom. The number of ether oxygens (including phenoxy) is 1. The number of rotatable bonds is 7. The number of carbonyl (C=O) groups is 3. The van der Waals surface area contributed by atoms with Crippen LogP contribution in [0.4, 0.5) is 0 Å². The Hall–Kier alpha value is -1.63. The van der Waals surface area contributed by atoms with Gasteiger partial charge in [-0.25, -0.2) is 4.79 Å². The molecule has 0 amide bonds. The highest BCUT2D eigenvalue weighted by atomic mass is 16.5. The van der Waals surface area contributed by atoms with Gasteiger partial charge in [0.1, 0.15) is 0 Å². The second-order valence-corrected chi connectivity index (χ2v) is 5.43. The highest BCUT2D eigenvalue weighted by Gasteiger charge is 2.53. The second-order valence-electron chi connectivity index (χ2n) is 5.43. The molecule has 1 aliphatic carbocycles. The number of carboxylic acid groups (broad SMARTS) is 2. The molecule has 0 radical (unpaired) electrons. The van der Waals surface area contributed by atoms with Crippen molar-refractivity contribution < 1.29 is 34.4 Å². The Bertz CT molecular complexity index is 400. The number of esters is 1. The molecule has 0 aromatic rings. The van der Waals surface area contributed by atoms with Gasteiger partial charge in [-0.3, -0.25) is 9.59 Å². The van der Waals surface area contributed by atoms with Gasteiger partial charge in [0.25, 0.3) is 0 Å². The average molecular weight is 302 g/mol. The van der Waals surface area contributed by atoms with Crippen molar-refractivity contribution in [3.8, 4) is 0 Å². The van der Waals surface area contributed by atoms with E-state index in [9.17, 15) is 24.6 Å².